The fraction of sp³-hybridized carbons (Fsp3) is 0.889. The maximum absolute atomic E-state index is 9.86. The Morgan fingerprint density at radius 3 is 2.86 bits per heavy atom. The van der Waals surface area contributed by atoms with Crippen molar-refractivity contribution in [3.8, 4) is 0 Å². The van der Waals surface area contributed by atoms with Gasteiger partial charge in [-0.3, -0.25) is 0 Å². The minimum absolute atomic E-state index is 0.298. The molecule has 0 radical (unpaired) electrons. The summed E-state index contributed by atoms with van der Waals surface area (Å²) in [6, 6.07) is 0. The lowest BCUT2D eigenvalue weighted by molar-refractivity contribution is 0.0000332. The molecule has 1 N–H and O–H groups in total. The number of rotatable bonds is 5. The summed E-state index contributed by atoms with van der Waals surface area (Å²) in [5.41, 5.74) is 1.29. The van der Waals surface area contributed by atoms with Gasteiger partial charge in [0.1, 0.15) is 0 Å². The molecule has 21 heavy (non-hydrogen) atoms. The van der Waals surface area contributed by atoms with E-state index in [0.29, 0.717) is 23.4 Å². The highest BCUT2D eigenvalue weighted by Crippen LogP contribution is 2.54. The largest absolute Gasteiger partial charge is 0.390 e. The molecule has 1 unspecified atom stereocenters. The Labute approximate surface area is 138 Å². The summed E-state index contributed by atoms with van der Waals surface area (Å²) in [6.07, 6.45) is 7.23. The van der Waals surface area contributed by atoms with Crippen LogP contribution in [0, 0.1) is 17.3 Å². The predicted octanol–water partition coefficient (Wildman–Crippen LogP) is 5.05. The molecule has 0 aromatic carbocycles. The first-order valence-electron chi connectivity index (χ1n) is 8.41. The highest BCUT2D eigenvalue weighted by atomic mass is 79.9. The first kappa shape index (κ1) is 17.5. The summed E-state index contributed by atoms with van der Waals surface area (Å²) in [6.45, 7) is 9.44. The van der Waals surface area contributed by atoms with Crippen LogP contribution in [0.25, 0.3) is 0 Å². The van der Waals surface area contributed by atoms with Crippen LogP contribution in [-0.4, -0.2) is 23.4 Å². The lowest BCUT2D eigenvalue weighted by Crippen LogP contribution is -2.40. The van der Waals surface area contributed by atoms with Gasteiger partial charge in [-0.1, -0.05) is 41.8 Å². The Hall–Kier alpha value is 0.140. The number of ether oxygens (including phenoxy) is 1. The molecule has 4 atom stereocenters. The van der Waals surface area contributed by atoms with Crippen molar-refractivity contribution in [3.63, 3.8) is 0 Å². The maximum atomic E-state index is 9.86. The summed E-state index contributed by atoms with van der Waals surface area (Å²) in [5.74, 6) is 1.16. The molecule has 122 valence electrons. The SMILES string of the molecule is C[C@H](CCCC(C)(C)O)C1OC[C@H]2/C(=C\Br)CCC[C@]12C. The van der Waals surface area contributed by atoms with Gasteiger partial charge in [-0.05, 0) is 56.9 Å². The Balaban J connectivity index is 1.97. The van der Waals surface area contributed by atoms with Crippen molar-refractivity contribution in [3.05, 3.63) is 10.6 Å². The van der Waals surface area contributed by atoms with Gasteiger partial charge in [0.05, 0.1) is 18.3 Å². The van der Waals surface area contributed by atoms with Gasteiger partial charge in [-0.2, -0.15) is 0 Å². The van der Waals surface area contributed by atoms with Crippen molar-refractivity contribution in [2.75, 3.05) is 6.61 Å². The average Bonchev–Trinajstić information content (AvgIpc) is 2.73. The van der Waals surface area contributed by atoms with Crippen molar-refractivity contribution >= 4 is 15.9 Å². The number of hydrogen-bond acceptors (Lipinski definition) is 2. The number of hydrogen-bond donors (Lipinski definition) is 1. The van der Waals surface area contributed by atoms with Gasteiger partial charge in [0, 0.05) is 11.3 Å². The van der Waals surface area contributed by atoms with Crippen LogP contribution in [-0.2, 0) is 4.74 Å². The average molecular weight is 359 g/mol. The zero-order valence-corrected chi connectivity index (χ0v) is 15.6. The van der Waals surface area contributed by atoms with Crippen LogP contribution in [0.3, 0.4) is 0 Å². The number of fused-ring (bicyclic) bond motifs is 1. The minimum atomic E-state index is -0.542. The van der Waals surface area contributed by atoms with Gasteiger partial charge in [-0.25, -0.2) is 0 Å². The molecule has 0 spiro atoms. The molecule has 2 rings (SSSR count). The third-order valence-corrected chi connectivity index (χ3v) is 6.21. The first-order valence-corrected chi connectivity index (χ1v) is 9.32. The van der Waals surface area contributed by atoms with E-state index in [1.165, 1.54) is 24.8 Å². The monoisotopic (exact) mass is 358 g/mol. The van der Waals surface area contributed by atoms with E-state index in [1.54, 1.807) is 0 Å². The van der Waals surface area contributed by atoms with Crippen molar-refractivity contribution in [1.82, 2.24) is 0 Å². The highest BCUT2D eigenvalue weighted by molar-refractivity contribution is 9.11. The van der Waals surface area contributed by atoms with Crippen molar-refractivity contribution in [2.24, 2.45) is 17.3 Å². The van der Waals surface area contributed by atoms with Crippen LogP contribution in [0.2, 0.25) is 0 Å². The molecule has 1 saturated heterocycles. The van der Waals surface area contributed by atoms with E-state index in [0.717, 1.165) is 25.9 Å². The van der Waals surface area contributed by atoms with Crippen LogP contribution < -0.4 is 0 Å². The molecular formula is C18H31BrO2. The fourth-order valence-electron chi connectivity index (χ4n) is 4.43. The lowest BCUT2D eigenvalue weighted by Gasteiger charge is -2.42. The van der Waals surface area contributed by atoms with Gasteiger partial charge < -0.3 is 9.84 Å². The van der Waals surface area contributed by atoms with Crippen LogP contribution in [0.1, 0.15) is 66.2 Å². The molecule has 1 aliphatic carbocycles. The molecule has 0 aromatic rings. The molecule has 0 amide bonds. The van der Waals surface area contributed by atoms with Crippen LogP contribution in [0.15, 0.2) is 10.6 Å². The third-order valence-electron chi connectivity index (χ3n) is 5.62. The van der Waals surface area contributed by atoms with Crippen LogP contribution in [0.5, 0.6) is 0 Å². The topological polar surface area (TPSA) is 29.5 Å². The third kappa shape index (κ3) is 3.92. The highest BCUT2D eigenvalue weighted by Gasteiger charge is 2.51. The van der Waals surface area contributed by atoms with Gasteiger partial charge in [0.2, 0.25) is 0 Å². The Morgan fingerprint density at radius 1 is 1.52 bits per heavy atom. The number of aliphatic hydroxyl groups is 1. The van der Waals surface area contributed by atoms with E-state index in [2.05, 4.69) is 34.8 Å². The van der Waals surface area contributed by atoms with E-state index in [-0.39, 0.29) is 0 Å². The molecule has 2 aliphatic rings. The summed E-state index contributed by atoms with van der Waals surface area (Å²) in [7, 11) is 0. The van der Waals surface area contributed by atoms with E-state index in [4.69, 9.17) is 4.74 Å². The fourth-order valence-corrected chi connectivity index (χ4v) is 4.97. The van der Waals surface area contributed by atoms with Crippen molar-refractivity contribution in [1.29, 1.82) is 0 Å². The van der Waals surface area contributed by atoms with Gasteiger partial charge in [-0.15, -0.1) is 0 Å². The summed E-state index contributed by atoms with van der Waals surface area (Å²) in [5, 5.41) is 9.86. The summed E-state index contributed by atoms with van der Waals surface area (Å²) >= 11 is 3.55. The minimum Gasteiger partial charge on any atom is -0.390 e. The zero-order valence-electron chi connectivity index (χ0n) is 14.0. The van der Waals surface area contributed by atoms with E-state index < -0.39 is 5.60 Å². The van der Waals surface area contributed by atoms with Crippen LogP contribution in [0.4, 0.5) is 0 Å². The molecule has 2 nitrogen and oxygen atoms in total. The molecule has 2 fully saturated rings. The van der Waals surface area contributed by atoms with E-state index >= 15 is 0 Å². The standard InChI is InChI=1S/C18H31BrO2/c1-13(7-5-9-17(2,3)20)16-18(4)10-6-8-14(11-19)15(18)12-21-16/h11,13,15-16,20H,5-10,12H2,1-4H3/b14-11-/t13-,15+,16?,18+/m1/s1. The zero-order chi connectivity index (χ0) is 15.7. The molecule has 1 saturated carbocycles. The Kier molecular flexibility index (Phi) is 5.60. The van der Waals surface area contributed by atoms with Gasteiger partial charge in [0.15, 0.2) is 0 Å². The summed E-state index contributed by atoms with van der Waals surface area (Å²) < 4.78 is 6.26. The Bertz CT molecular complexity index is 385. The molecule has 1 heterocycles. The second kappa shape index (κ2) is 6.72. The second-order valence-electron chi connectivity index (χ2n) is 8.03. The summed E-state index contributed by atoms with van der Waals surface area (Å²) in [4.78, 5) is 2.14. The van der Waals surface area contributed by atoms with Gasteiger partial charge in [0.25, 0.3) is 0 Å². The van der Waals surface area contributed by atoms with E-state index in [9.17, 15) is 5.11 Å². The first-order chi connectivity index (χ1) is 9.78. The number of halogens is 1. The Morgan fingerprint density at radius 2 is 2.24 bits per heavy atom. The second-order valence-corrected chi connectivity index (χ2v) is 8.49. The molecule has 1 aliphatic heterocycles. The predicted molar refractivity (Wildman–Crippen MR) is 91.5 cm³/mol. The molecular weight excluding hydrogens is 328 g/mol. The van der Waals surface area contributed by atoms with Crippen molar-refractivity contribution in [2.45, 2.75) is 77.9 Å². The molecule has 0 aromatic heterocycles. The lowest BCUT2D eigenvalue weighted by atomic mass is 9.62. The molecule has 3 heteroatoms. The quantitative estimate of drug-likeness (QED) is 0.745. The smallest absolute Gasteiger partial charge is 0.0661 e. The van der Waals surface area contributed by atoms with Crippen LogP contribution >= 0.6 is 15.9 Å². The van der Waals surface area contributed by atoms with E-state index in [1.807, 2.05) is 13.8 Å². The normalized spacial score (nSPS) is 36.8. The van der Waals surface area contributed by atoms with Gasteiger partial charge >= 0.3 is 0 Å². The van der Waals surface area contributed by atoms with Crippen molar-refractivity contribution < 1.29 is 9.84 Å². The molecule has 0 bridgehead atoms. The maximum Gasteiger partial charge on any atom is 0.0661 e.